The summed E-state index contributed by atoms with van der Waals surface area (Å²) in [6.45, 7) is 6.26. The zero-order valence-electron chi connectivity index (χ0n) is 12.1. The molecule has 110 valence electrons. The van der Waals surface area contributed by atoms with Gasteiger partial charge in [0, 0.05) is 24.3 Å². The lowest BCUT2D eigenvalue weighted by molar-refractivity contribution is 0.301. The number of rotatable bonds is 4. The van der Waals surface area contributed by atoms with Gasteiger partial charge >= 0.3 is 0 Å². The second kappa shape index (κ2) is 5.69. The van der Waals surface area contributed by atoms with Crippen LogP contribution in [0.25, 0.3) is 0 Å². The van der Waals surface area contributed by atoms with Crippen LogP contribution in [0.4, 0.5) is 10.1 Å². The molecule has 3 N–H and O–H groups in total. The Bertz CT molecular complexity index is 512. The van der Waals surface area contributed by atoms with Crippen molar-refractivity contribution in [1.29, 1.82) is 0 Å². The molecule has 0 unspecified atom stereocenters. The molecular formula is C15H22FN3O. The van der Waals surface area contributed by atoms with Crippen LogP contribution in [0, 0.1) is 11.2 Å². The molecule has 1 aliphatic rings. The van der Waals surface area contributed by atoms with Gasteiger partial charge in [0.25, 0.3) is 0 Å². The molecule has 4 nitrogen and oxygen atoms in total. The highest BCUT2D eigenvalue weighted by molar-refractivity contribution is 6.02. The van der Waals surface area contributed by atoms with Crippen LogP contribution in [-0.4, -0.2) is 24.1 Å². The standard InChI is InChI=1S/C15H22FN3O/c1-3-15(4-2)7-8-19(10-15)13-6-5-11(16)9-12(13)14(17)18-20/h5-6,9,20H,3-4,7-8,10H2,1-2H3,(H2,17,18). The van der Waals surface area contributed by atoms with E-state index in [2.05, 4.69) is 23.9 Å². The van der Waals surface area contributed by atoms with Crippen molar-refractivity contribution < 1.29 is 9.60 Å². The molecule has 1 aliphatic heterocycles. The van der Waals surface area contributed by atoms with E-state index in [0.717, 1.165) is 38.0 Å². The summed E-state index contributed by atoms with van der Waals surface area (Å²) in [5.74, 6) is -0.434. The highest BCUT2D eigenvalue weighted by Gasteiger charge is 2.35. The van der Waals surface area contributed by atoms with Crippen molar-refractivity contribution in [3.05, 3.63) is 29.6 Å². The SMILES string of the molecule is CCC1(CC)CCN(c2ccc(F)cc2/C(N)=N/O)C1. The molecule has 1 aromatic carbocycles. The van der Waals surface area contributed by atoms with Crippen molar-refractivity contribution in [3.8, 4) is 0 Å². The highest BCUT2D eigenvalue weighted by atomic mass is 19.1. The third-order valence-corrected chi connectivity index (χ3v) is 4.62. The monoisotopic (exact) mass is 279 g/mol. The number of benzene rings is 1. The van der Waals surface area contributed by atoms with Crippen LogP contribution >= 0.6 is 0 Å². The minimum Gasteiger partial charge on any atom is -0.409 e. The van der Waals surface area contributed by atoms with Crippen molar-refractivity contribution in [1.82, 2.24) is 0 Å². The van der Waals surface area contributed by atoms with Crippen LogP contribution in [0.3, 0.4) is 0 Å². The van der Waals surface area contributed by atoms with Gasteiger partial charge in [-0.3, -0.25) is 0 Å². The molecule has 2 rings (SSSR count). The average Bonchev–Trinajstić information content (AvgIpc) is 2.91. The lowest BCUT2D eigenvalue weighted by atomic mass is 9.82. The van der Waals surface area contributed by atoms with Crippen LogP contribution in [0.2, 0.25) is 0 Å². The number of oxime groups is 1. The van der Waals surface area contributed by atoms with Gasteiger partial charge in [0.05, 0.1) is 0 Å². The van der Waals surface area contributed by atoms with Gasteiger partial charge < -0.3 is 15.8 Å². The normalized spacial score (nSPS) is 18.6. The Morgan fingerprint density at radius 1 is 1.45 bits per heavy atom. The zero-order valence-corrected chi connectivity index (χ0v) is 12.1. The molecule has 0 saturated carbocycles. The first-order chi connectivity index (χ1) is 9.55. The van der Waals surface area contributed by atoms with Gasteiger partial charge in [-0.15, -0.1) is 0 Å². The quantitative estimate of drug-likeness (QED) is 0.385. The first-order valence-corrected chi connectivity index (χ1v) is 7.07. The third-order valence-electron chi connectivity index (χ3n) is 4.62. The van der Waals surface area contributed by atoms with Crippen molar-refractivity contribution >= 4 is 11.5 Å². The van der Waals surface area contributed by atoms with Gasteiger partial charge in [-0.2, -0.15) is 0 Å². The van der Waals surface area contributed by atoms with Gasteiger partial charge in [-0.05, 0) is 42.9 Å². The summed E-state index contributed by atoms with van der Waals surface area (Å²) in [5, 5.41) is 11.9. The predicted molar refractivity (Wildman–Crippen MR) is 78.8 cm³/mol. The van der Waals surface area contributed by atoms with Gasteiger partial charge in [0.15, 0.2) is 5.84 Å². The smallest absolute Gasteiger partial charge is 0.172 e. The molecule has 1 saturated heterocycles. The molecule has 0 aromatic heterocycles. The number of anilines is 1. The van der Waals surface area contributed by atoms with E-state index in [1.54, 1.807) is 6.07 Å². The number of hydrogen-bond acceptors (Lipinski definition) is 3. The molecule has 1 heterocycles. The van der Waals surface area contributed by atoms with E-state index < -0.39 is 0 Å². The summed E-state index contributed by atoms with van der Waals surface area (Å²) in [6.07, 6.45) is 3.37. The maximum Gasteiger partial charge on any atom is 0.172 e. The van der Waals surface area contributed by atoms with Crippen molar-refractivity contribution in [2.45, 2.75) is 33.1 Å². The molecular weight excluding hydrogens is 257 g/mol. The third kappa shape index (κ3) is 2.57. The zero-order chi connectivity index (χ0) is 14.8. The number of hydrogen-bond donors (Lipinski definition) is 2. The molecule has 1 aromatic rings. The molecule has 0 amide bonds. The van der Waals surface area contributed by atoms with E-state index >= 15 is 0 Å². The maximum absolute atomic E-state index is 13.4. The van der Waals surface area contributed by atoms with E-state index in [4.69, 9.17) is 10.9 Å². The van der Waals surface area contributed by atoms with Crippen LogP contribution in [0.15, 0.2) is 23.4 Å². The van der Waals surface area contributed by atoms with Crippen LogP contribution in [0.1, 0.15) is 38.7 Å². The first-order valence-electron chi connectivity index (χ1n) is 7.07. The molecule has 0 spiro atoms. The Hall–Kier alpha value is -1.78. The summed E-state index contributed by atoms with van der Waals surface area (Å²) in [7, 11) is 0. The van der Waals surface area contributed by atoms with E-state index in [1.165, 1.54) is 12.1 Å². The fourth-order valence-corrected chi connectivity index (χ4v) is 3.01. The van der Waals surface area contributed by atoms with Crippen LogP contribution in [-0.2, 0) is 0 Å². The Morgan fingerprint density at radius 3 is 2.70 bits per heavy atom. The number of nitrogens with zero attached hydrogens (tertiary/aromatic N) is 2. The van der Waals surface area contributed by atoms with Gasteiger partial charge in [-0.1, -0.05) is 19.0 Å². The lowest BCUT2D eigenvalue weighted by Gasteiger charge is -2.28. The molecule has 1 fully saturated rings. The second-order valence-corrected chi connectivity index (χ2v) is 5.53. The van der Waals surface area contributed by atoms with Gasteiger partial charge in [0.1, 0.15) is 5.82 Å². The molecule has 20 heavy (non-hydrogen) atoms. The molecule has 0 aliphatic carbocycles. The Kier molecular flexibility index (Phi) is 4.16. The van der Waals surface area contributed by atoms with Gasteiger partial charge in [-0.25, -0.2) is 4.39 Å². The summed E-state index contributed by atoms with van der Waals surface area (Å²) in [5.41, 5.74) is 7.28. The van der Waals surface area contributed by atoms with Crippen LogP contribution in [0.5, 0.6) is 0 Å². The summed E-state index contributed by atoms with van der Waals surface area (Å²) in [6, 6.07) is 4.45. The molecule has 0 bridgehead atoms. The van der Waals surface area contributed by atoms with Gasteiger partial charge in [0.2, 0.25) is 0 Å². The van der Waals surface area contributed by atoms with E-state index in [9.17, 15) is 4.39 Å². The predicted octanol–water partition coefficient (Wildman–Crippen LogP) is 2.94. The minimum atomic E-state index is -0.383. The molecule has 5 heteroatoms. The summed E-state index contributed by atoms with van der Waals surface area (Å²) < 4.78 is 13.4. The maximum atomic E-state index is 13.4. The van der Waals surface area contributed by atoms with Crippen molar-refractivity contribution in [2.75, 3.05) is 18.0 Å². The first kappa shape index (κ1) is 14.6. The Balaban J connectivity index is 2.35. The van der Waals surface area contributed by atoms with E-state index in [-0.39, 0.29) is 11.7 Å². The topological polar surface area (TPSA) is 61.8 Å². The second-order valence-electron chi connectivity index (χ2n) is 5.53. The molecule has 0 radical (unpaired) electrons. The highest BCUT2D eigenvalue weighted by Crippen LogP contribution is 2.39. The summed E-state index contributed by atoms with van der Waals surface area (Å²) in [4.78, 5) is 2.21. The minimum absolute atomic E-state index is 0.0509. The summed E-state index contributed by atoms with van der Waals surface area (Å²) >= 11 is 0. The largest absolute Gasteiger partial charge is 0.409 e. The van der Waals surface area contributed by atoms with E-state index in [0.29, 0.717) is 11.0 Å². The fourth-order valence-electron chi connectivity index (χ4n) is 3.01. The molecule has 0 atom stereocenters. The van der Waals surface area contributed by atoms with Crippen molar-refractivity contribution in [3.63, 3.8) is 0 Å². The number of nitrogens with two attached hydrogens (primary N) is 1. The number of halogens is 1. The van der Waals surface area contributed by atoms with Crippen molar-refractivity contribution in [2.24, 2.45) is 16.3 Å². The number of amidine groups is 1. The lowest BCUT2D eigenvalue weighted by Crippen LogP contribution is -2.28. The van der Waals surface area contributed by atoms with Crippen LogP contribution < -0.4 is 10.6 Å². The van der Waals surface area contributed by atoms with E-state index in [1.807, 2.05) is 0 Å². The average molecular weight is 279 g/mol. The Morgan fingerprint density at radius 2 is 2.15 bits per heavy atom. The fraction of sp³-hybridized carbons (Fsp3) is 0.533. The Labute approximate surface area is 119 Å².